The molecule has 1 N–H and O–H groups in total. The summed E-state index contributed by atoms with van der Waals surface area (Å²) in [6.45, 7) is 0. The molecule has 0 atom stereocenters. The van der Waals surface area contributed by atoms with Gasteiger partial charge in [-0.2, -0.15) is 0 Å². The van der Waals surface area contributed by atoms with Gasteiger partial charge in [0.2, 0.25) is 5.91 Å². The predicted molar refractivity (Wildman–Crippen MR) is 101 cm³/mol. The van der Waals surface area contributed by atoms with Crippen LogP contribution in [0.5, 0.6) is 0 Å². The molecule has 0 bridgehead atoms. The van der Waals surface area contributed by atoms with Crippen molar-refractivity contribution in [3.63, 3.8) is 0 Å². The highest BCUT2D eigenvalue weighted by atomic mass is 16.1. The summed E-state index contributed by atoms with van der Waals surface area (Å²) in [6.07, 6.45) is 10.3. The second kappa shape index (κ2) is 8.55. The number of hydrogen-bond donors (Lipinski definition) is 1. The minimum absolute atomic E-state index is 0.00490. The lowest BCUT2D eigenvalue weighted by atomic mass is 10.1. The third kappa shape index (κ3) is 5.39. The Morgan fingerprint density at radius 1 is 1.00 bits per heavy atom. The van der Waals surface area contributed by atoms with E-state index in [-0.39, 0.29) is 5.91 Å². The van der Waals surface area contributed by atoms with Crippen LogP contribution >= 0.6 is 0 Å². The molecule has 0 aliphatic heterocycles. The van der Waals surface area contributed by atoms with Crippen molar-refractivity contribution in [1.82, 2.24) is 9.97 Å². The lowest BCUT2D eigenvalue weighted by molar-refractivity contribution is -0.116. The maximum atomic E-state index is 12.1. The Bertz CT molecular complexity index is 845. The van der Waals surface area contributed by atoms with Gasteiger partial charge in [-0.25, -0.2) is 0 Å². The molecule has 2 aromatic heterocycles. The molecule has 0 aliphatic carbocycles. The molecule has 4 heteroatoms. The van der Waals surface area contributed by atoms with Crippen LogP contribution in [-0.4, -0.2) is 15.9 Å². The first-order valence-electron chi connectivity index (χ1n) is 8.17. The van der Waals surface area contributed by atoms with E-state index in [2.05, 4.69) is 15.3 Å². The largest absolute Gasteiger partial charge is 0.326 e. The Morgan fingerprint density at radius 3 is 2.76 bits per heavy atom. The van der Waals surface area contributed by atoms with Crippen LogP contribution in [0.15, 0.2) is 73.2 Å². The van der Waals surface area contributed by atoms with Crippen molar-refractivity contribution in [2.24, 2.45) is 0 Å². The zero-order valence-electron chi connectivity index (χ0n) is 13.8. The number of nitrogens with zero attached hydrogens (tertiary/aromatic N) is 2. The van der Waals surface area contributed by atoms with Gasteiger partial charge in [0.25, 0.3) is 0 Å². The second-order valence-corrected chi connectivity index (χ2v) is 5.62. The SMILES string of the molecule is O=C(CCc1cccnc1)Nc1cccc(C=Cc2ccccn2)c1. The van der Waals surface area contributed by atoms with Crippen LogP contribution in [0.25, 0.3) is 12.2 Å². The highest BCUT2D eigenvalue weighted by Gasteiger charge is 2.03. The third-order valence-corrected chi connectivity index (χ3v) is 3.67. The predicted octanol–water partition coefficient (Wildman–Crippen LogP) is 4.22. The van der Waals surface area contributed by atoms with Gasteiger partial charge in [-0.15, -0.1) is 0 Å². The van der Waals surface area contributed by atoms with Gasteiger partial charge in [0.05, 0.1) is 5.69 Å². The van der Waals surface area contributed by atoms with E-state index >= 15 is 0 Å². The van der Waals surface area contributed by atoms with Crippen molar-refractivity contribution < 1.29 is 4.79 Å². The van der Waals surface area contributed by atoms with Gasteiger partial charge in [-0.05, 0) is 54.0 Å². The first kappa shape index (κ1) is 16.6. The van der Waals surface area contributed by atoms with Crippen molar-refractivity contribution in [1.29, 1.82) is 0 Å². The van der Waals surface area contributed by atoms with Gasteiger partial charge in [0.15, 0.2) is 0 Å². The monoisotopic (exact) mass is 329 g/mol. The number of nitrogens with one attached hydrogen (secondary N) is 1. The molecule has 0 saturated carbocycles. The molecule has 1 amide bonds. The standard InChI is InChI=1S/C21H19N3O/c25-21(12-10-18-6-4-13-22-16-18)24-20-8-3-5-17(15-20)9-11-19-7-1-2-14-23-19/h1-9,11,13-16H,10,12H2,(H,24,25). The number of amides is 1. The summed E-state index contributed by atoms with van der Waals surface area (Å²) in [4.78, 5) is 20.4. The van der Waals surface area contributed by atoms with Gasteiger partial charge in [0, 0.05) is 30.7 Å². The molecular weight excluding hydrogens is 310 g/mol. The van der Waals surface area contributed by atoms with Crippen molar-refractivity contribution in [3.05, 3.63) is 90.0 Å². The minimum atomic E-state index is -0.00490. The van der Waals surface area contributed by atoms with E-state index in [0.29, 0.717) is 12.8 Å². The molecule has 25 heavy (non-hydrogen) atoms. The number of carbonyl (C=O) groups excluding carboxylic acids is 1. The van der Waals surface area contributed by atoms with Gasteiger partial charge < -0.3 is 5.32 Å². The quantitative estimate of drug-likeness (QED) is 0.737. The molecule has 3 aromatic rings. The Hall–Kier alpha value is -3.27. The van der Waals surface area contributed by atoms with Gasteiger partial charge in [0.1, 0.15) is 0 Å². The number of pyridine rings is 2. The number of benzene rings is 1. The van der Waals surface area contributed by atoms with Crippen LogP contribution in [0, 0.1) is 0 Å². The number of aromatic nitrogens is 2. The lowest BCUT2D eigenvalue weighted by Crippen LogP contribution is -2.12. The maximum absolute atomic E-state index is 12.1. The zero-order valence-corrected chi connectivity index (χ0v) is 13.8. The zero-order chi connectivity index (χ0) is 17.3. The Kier molecular flexibility index (Phi) is 5.67. The summed E-state index contributed by atoms with van der Waals surface area (Å²) < 4.78 is 0. The maximum Gasteiger partial charge on any atom is 0.224 e. The fourth-order valence-electron chi connectivity index (χ4n) is 2.40. The lowest BCUT2D eigenvalue weighted by Gasteiger charge is -2.06. The van der Waals surface area contributed by atoms with Crippen LogP contribution in [0.1, 0.15) is 23.2 Å². The summed E-state index contributed by atoms with van der Waals surface area (Å²) in [5.74, 6) is -0.00490. The molecule has 0 spiro atoms. The van der Waals surface area contributed by atoms with Crippen LogP contribution in [0.4, 0.5) is 5.69 Å². The van der Waals surface area contributed by atoms with E-state index in [0.717, 1.165) is 22.5 Å². The van der Waals surface area contributed by atoms with E-state index in [1.807, 2.05) is 66.7 Å². The molecule has 2 heterocycles. The fourth-order valence-corrected chi connectivity index (χ4v) is 2.40. The number of anilines is 1. The van der Waals surface area contributed by atoms with Crippen molar-refractivity contribution in [2.45, 2.75) is 12.8 Å². The van der Waals surface area contributed by atoms with Crippen molar-refractivity contribution >= 4 is 23.7 Å². The average Bonchev–Trinajstić information content (AvgIpc) is 2.67. The topological polar surface area (TPSA) is 54.9 Å². The summed E-state index contributed by atoms with van der Waals surface area (Å²) in [5, 5.41) is 2.94. The van der Waals surface area contributed by atoms with Gasteiger partial charge in [-0.1, -0.05) is 30.3 Å². The molecular formula is C21H19N3O. The van der Waals surface area contributed by atoms with Crippen LogP contribution in [0.3, 0.4) is 0 Å². The summed E-state index contributed by atoms with van der Waals surface area (Å²) in [7, 11) is 0. The van der Waals surface area contributed by atoms with Gasteiger partial charge >= 0.3 is 0 Å². The second-order valence-electron chi connectivity index (χ2n) is 5.62. The van der Waals surface area contributed by atoms with E-state index in [1.165, 1.54) is 0 Å². The van der Waals surface area contributed by atoms with E-state index in [1.54, 1.807) is 18.6 Å². The summed E-state index contributed by atoms with van der Waals surface area (Å²) in [5.41, 5.74) is 3.76. The number of hydrogen-bond acceptors (Lipinski definition) is 3. The Labute approximate surface area is 147 Å². The normalized spacial score (nSPS) is 10.7. The van der Waals surface area contributed by atoms with E-state index < -0.39 is 0 Å². The molecule has 0 saturated heterocycles. The van der Waals surface area contributed by atoms with E-state index in [4.69, 9.17) is 0 Å². The highest BCUT2D eigenvalue weighted by Crippen LogP contribution is 2.14. The van der Waals surface area contributed by atoms with Crippen LogP contribution < -0.4 is 5.32 Å². The molecule has 3 rings (SSSR count). The summed E-state index contributed by atoms with van der Waals surface area (Å²) in [6, 6.07) is 17.4. The van der Waals surface area contributed by atoms with Crippen LogP contribution in [0.2, 0.25) is 0 Å². The highest BCUT2D eigenvalue weighted by molar-refractivity contribution is 5.91. The Morgan fingerprint density at radius 2 is 1.96 bits per heavy atom. The van der Waals surface area contributed by atoms with E-state index in [9.17, 15) is 4.79 Å². The van der Waals surface area contributed by atoms with Crippen LogP contribution in [-0.2, 0) is 11.2 Å². The molecule has 4 nitrogen and oxygen atoms in total. The fraction of sp³-hybridized carbons (Fsp3) is 0.0952. The molecule has 0 fully saturated rings. The van der Waals surface area contributed by atoms with Gasteiger partial charge in [-0.3, -0.25) is 14.8 Å². The van der Waals surface area contributed by atoms with Crippen molar-refractivity contribution in [3.8, 4) is 0 Å². The first-order valence-corrected chi connectivity index (χ1v) is 8.17. The first-order chi connectivity index (χ1) is 12.3. The smallest absolute Gasteiger partial charge is 0.224 e. The Balaban J connectivity index is 1.57. The molecule has 124 valence electrons. The third-order valence-electron chi connectivity index (χ3n) is 3.67. The summed E-state index contributed by atoms with van der Waals surface area (Å²) >= 11 is 0. The molecule has 0 radical (unpaired) electrons. The molecule has 0 unspecified atom stereocenters. The number of rotatable bonds is 6. The number of aryl methyl sites for hydroxylation is 1. The van der Waals surface area contributed by atoms with Crippen molar-refractivity contribution in [2.75, 3.05) is 5.32 Å². The average molecular weight is 329 g/mol. The molecule has 0 aliphatic rings. The molecule has 1 aromatic carbocycles. The minimum Gasteiger partial charge on any atom is -0.326 e. The number of carbonyl (C=O) groups is 1.